The minimum Gasteiger partial charge on any atom is -0.361 e. The Bertz CT molecular complexity index is 670. The molecule has 0 bridgehead atoms. The van der Waals surface area contributed by atoms with E-state index in [1.54, 1.807) is 0 Å². The van der Waals surface area contributed by atoms with Gasteiger partial charge in [0.05, 0.1) is 6.04 Å². The van der Waals surface area contributed by atoms with Crippen LogP contribution in [-0.4, -0.2) is 4.98 Å². The topological polar surface area (TPSA) is 41.8 Å². The number of aromatic amines is 1. The quantitative estimate of drug-likeness (QED) is 0.718. The van der Waals surface area contributed by atoms with Crippen LogP contribution >= 0.6 is 11.6 Å². The number of hydrogen-bond donors (Lipinski definition) is 2. The lowest BCUT2D eigenvalue weighted by Gasteiger charge is -2.11. The van der Waals surface area contributed by atoms with Crippen LogP contribution in [0.3, 0.4) is 0 Å². The lowest BCUT2D eigenvalue weighted by atomic mass is 9.99. The van der Waals surface area contributed by atoms with Crippen LogP contribution in [0.5, 0.6) is 0 Å². The van der Waals surface area contributed by atoms with Gasteiger partial charge in [0.25, 0.3) is 0 Å². The summed E-state index contributed by atoms with van der Waals surface area (Å²) >= 11 is 5.89. The Labute approximate surface area is 110 Å². The van der Waals surface area contributed by atoms with Crippen LogP contribution in [-0.2, 0) is 0 Å². The molecule has 0 amide bonds. The molecule has 0 aliphatic carbocycles. The van der Waals surface area contributed by atoms with Gasteiger partial charge in [-0.1, -0.05) is 41.9 Å². The standard InChI is InChI=1S/C15H13ClN2/c16-11-7-5-10(6-8-11)15(17)13-9-18-14-4-2-1-3-12(13)14/h1-9,15,18H,17H2. The Morgan fingerprint density at radius 2 is 1.72 bits per heavy atom. The van der Waals surface area contributed by atoms with Gasteiger partial charge in [0, 0.05) is 22.1 Å². The van der Waals surface area contributed by atoms with Gasteiger partial charge in [-0.3, -0.25) is 0 Å². The van der Waals surface area contributed by atoms with E-state index in [1.807, 2.05) is 48.7 Å². The van der Waals surface area contributed by atoms with Crippen molar-refractivity contribution >= 4 is 22.5 Å². The summed E-state index contributed by atoms with van der Waals surface area (Å²) in [6.45, 7) is 0. The van der Waals surface area contributed by atoms with E-state index in [0.29, 0.717) is 0 Å². The average Bonchev–Trinajstić information content (AvgIpc) is 2.82. The monoisotopic (exact) mass is 256 g/mol. The highest BCUT2D eigenvalue weighted by Crippen LogP contribution is 2.27. The molecule has 0 fully saturated rings. The van der Waals surface area contributed by atoms with E-state index in [9.17, 15) is 0 Å². The Balaban J connectivity index is 2.06. The van der Waals surface area contributed by atoms with Crippen molar-refractivity contribution in [3.05, 3.63) is 70.9 Å². The van der Waals surface area contributed by atoms with E-state index in [2.05, 4.69) is 11.1 Å². The molecule has 90 valence electrons. The first-order chi connectivity index (χ1) is 8.75. The summed E-state index contributed by atoms with van der Waals surface area (Å²) in [5.74, 6) is 0. The summed E-state index contributed by atoms with van der Waals surface area (Å²) < 4.78 is 0. The van der Waals surface area contributed by atoms with Crippen molar-refractivity contribution in [2.75, 3.05) is 0 Å². The van der Waals surface area contributed by atoms with E-state index < -0.39 is 0 Å². The zero-order valence-electron chi connectivity index (χ0n) is 9.73. The molecule has 0 spiro atoms. The molecular formula is C15H13ClN2. The average molecular weight is 257 g/mol. The number of H-pyrrole nitrogens is 1. The van der Waals surface area contributed by atoms with Gasteiger partial charge >= 0.3 is 0 Å². The molecule has 0 saturated heterocycles. The van der Waals surface area contributed by atoms with Crippen molar-refractivity contribution in [1.82, 2.24) is 4.98 Å². The van der Waals surface area contributed by atoms with E-state index in [-0.39, 0.29) is 6.04 Å². The first-order valence-electron chi connectivity index (χ1n) is 5.83. The Hall–Kier alpha value is -1.77. The van der Waals surface area contributed by atoms with Crippen molar-refractivity contribution < 1.29 is 0 Å². The molecule has 0 aliphatic heterocycles. The number of rotatable bonds is 2. The fraction of sp³-hybridized carbons (Fsp3) is 0.0667. The fourth-order valence-corrected chi connectivity index (χ4v) is 2.33. The highest BCUT2D eigenvalue weighted by atomic mass is 35.5. The normalized spacial score (nSPS) is 12.8. The third kappa shape index (κ3) is 1.90. The minimum atomic E-state index is -0.140. The van der Waals surface area contributed by atoms with Gasteiger partial charge in [-0.15, -0.1) is 0 Å². The number of aromatic nitrogens is 1. The van der Waals surface area contributed by atoms with Crippen LogP contribution in [0.1, 0.15) is 17.2 Å². The lowest BCUT2D eigenvalue weighted by molar-refractivity contribution is 0.880. The minimum absolute atomic E-state index is 0.140. The molecule has 0 saturated carbocycles. The van der Waals surface area contributed by atoms with Crippen molar-refractivity contribution in [2.24, 2.45) is 5.73 Å². The van der Waals surface area contributed by atoms with Crippen LogP contribution in [0.4, 0.5) is 0 Å². The number of benzene rings is 2. The first kappa shape index (κ1) is 11.3. The van der Waals surface area contributed by atoms with Gasteiger partial charge in [0.2, 0.25) is 0 Å². The maximum Gasteiger partial charge on any atom is 0.0572 e. The van der Waals surface area contributed by atoms with E-state index in [1.165, 1.54) is 5.39 Å². The van der Waals surface area contributed by atoms with Crippen molar-refractivity contribution in [2.45, 2.75) is 6.04 Å². The van der Waals surface area contributed by atoms with Gasteiger partial charge in [0.15, 0.2) is 0 Å². The SMILES string of the molecule is NC(c1ccc(Cl)cc1)c1c[nH]c2ccccc12. The first-order valence-corrected chi connectivity index (χ1v) is 6.20. The number of nitrogens with two attached hydrogens (primary N) is 1. The summed E-state index contributed by atoms with van der Waals surface area (Å²) in [6.07, 6.45) is 1.98. The van der Waals surface area contributed by atoms with Gasteiger partial charge in [-0.2, -0.15) is 0 Å². The summed E-state index contributed by atoms with van der Waals surface area (Å²) in [5.41, 5.74) is 9.59. The molecule has 1 aromatic heterocycles. The maximum atomic E-state index is 6.31. The molecule has 3 N–H and O–H groups in total. The molecule has 18 heavy (non-hydrogen) atoms. The second-order valence-electron chi connectivity index (χ2n) is 4.32. The highest BCUT2D eigenvalue weighted by Gasteiger charge is 2.13. The lowest BCUT2D eigenvalue weighted by Crippen LogP contribution is -2.11. The number of para-hydroxylation sites is 1. The van der Waals surface area contributed by atoms with Crippen molar-refractivity contribution in [3.8, 4) is 0 Å². The van der Waals surface area contributed by atoms with Crippen LogP contribution in [0, 0.1) is 0 Å². The molecule has 2 aromatic carbocycles. The summed E-state index contributed by atoms with van der Waals surface area (Å²) in [6, 6.07) is 15.7. The largest absolute Gasteiger partial charge is 0.361 e. The smallest absolute Gasteiger partial charge is 0.0572 e. The zero-order chi connectivity index (χ0) is 12.5. The summed E-state index contributed by atoms with van der Waals surface area (Å²) in [4.78, 5) is 3.24. The summed E-state index contributed by atoms with van der Waals surface area (Å²) in [5, 5.41) is 1.89. The predicted octanol–water partition coefficient (Wildman–Crippen LogP) is 3.87. The fourth-order valence-electron chi connectivity index (χ4n) is 2.20. The van der Waals surface area contributed by atoms with Crippen molar-refractivity contribution in [3.63, 3.8) is 0 Å². The third-order valence-corrected chi connectivity index (χ3v) is 3.44. The van der Waals surface area contributed by atoms with E-state index >= 15 is 0 Å². The van der Waals surface area contributed by atoms with E-state index in [0.717, 1.165) is 21.7 Å². The number of hydrogen-bond acceptors (Lipinski definition) is 1. The number of halogens is 1. The second kappa shape index (κ2) is 4.48. The molecule has 3 heteroatoms. The molecule has 1 atom stereocenters. The van der Waals surface area contributed by atoms with Gasteiger partial charge in [-0.25, -0.2) is 0 Å². The van der Waals surface area contributed by atoms with Gasteiger partial charge in [-0.05, 0) is 29.3 Å². The zero-order valence-corrected chi connectivity index (χ0v) is 10.5. The van der Waals surface area contributed by atoms with Crippen LogP contribution in [0.15, 0.2) is 54.7 Å². The molecule has 2 nitrogen and oxygen atoms in total. The second-order valence-corrected chi connectivity index (χ2v) is 4.76. The Morgan fingerprint density at radius 3 is 2.50 bits per heavy atom. The van der Waals surface area contributed by atoms with E-state index in [4.69, 9.17) is 17.3 Å². The third-order valence-electron chi connectivity index (χ3n) is 3.19. The van der Waals surface area contributed by atoms with Crippen molar-refractivity contribution in [1.29, 1.82) is 0 Å². The molecular weight excluding hydrogens is 244 g/mol. The maximum absolute atomic E-state index is 6.31. The number of nitrogens with one attached hydrogen (secondary N) is 1. The molecule has 3 rings (SSSR count). The number of fused-ring (bicyclic) bond motifs is 1. The van der Waals surface area contributed by atoms with Gasteiger partial charge < -0.3 is 10.7 Å². The molecule has 1 unspecified atom stereocenters. The van der Waals surface area contributed by atoms with Gasteiger partial charge in [0.1, 0.15) is 0 Å². The molecule has 1 heterocycles. The molecule has 0 aliphatic rings. The Morgan fingerprint density at radius 1 is 1.00 bits per heavy atom. The molecule has 3 aromatic rings. The van der Waals surface area contributed by atoms with Crippen LogP contribution in [0.2, 0.25) is 5.02 Å². The molecule has 0 radical (unpaired) electrons. The summed E-state index contributed by atoms with van der Waals surface area (Å²) in [7, 11) is 0. The van der Waals surface area contributed by atoms with Crippen LogP contribution < -0.4 is 5.73 Å². The predicted molar refractivity (Wildman–Crippen MR) is 75.8 cm³/mol. The van der Waals surface area contributed by atoms with Crippen LogP contribution in [0.25, 0.3) is 10.9 Å². The highest BCUT2D eigenvalue weighted by molar-refractivity contribution is 6.30. The Kier molecular flexibility index (Phi) is 2.82.